The molecule has 24 heavy (non-hydrogen) atoms. The van der Waals surface area contributed by atoms with Gasteiger partial charge < -0.3 is 4.74 Å². The van der Waals surface area contributed by atoms with Crippen LogP contribution in [0.1, 0.15) is 57.8 Å². The third kappa shape index (κ3) is 4.56. The van der Waals surface area contributed by atoms with E-state index in [1.807, 2.05) is 45.9 Å². The molecule has 0 aromatic carbocycles. The molecule has 0 N–H and O–H groups in total. The van der Waals surface area contributed by atoms with Crippen LogP contribution in [0.15, 0.2) is 23.3 Å². The van der Waals surface area contributed by atoms with Gasteiger partial charge in [-0.15, -0.1) is 0 Å². The Balaban J connectivity index is 0.00000100. The van der Waals surface area contributed by atoms with Gasteiger partial charge in [0.05, 0.1) is 24.4 Å². The maximum atomic E-state index is 11.9. The number of aryl methyl sites for hydroxylation is 1. The molecule has 1 aliphatic carbocycles. The zero-order valence-corrected chi connectivity index (χ0v) is 15.3. The van der Waals surface area contributed by atoms with Crippen LogP contribution in [0.2, 0.25) is 0 Å². The van der Waals surface area contributed by atoms with Crippen LogP contribution in [0.4, 0.5) is 0 Å². The fraction of sp³-hybridized carbons (Fsp3) is 0.632. The number of hydrazone groups is 1. The molecule has 1 aromatic heterocycles. The third-order valence-corrected chi connectivity index (χ3v) is 4.43. The summed E-state index contributed by atoms with van der Waals surface area (Å²) in [6, 6.07) is 6.35. The van der Waals surface area contributed by atoms with Gasteiger partial charge in [-0.1, -0.05) is 19.9 Å². The van der Waals surface area contributed by atoms with Gasteiger partial charge in [0.25, 0.3) is 0 Å². The van der Waals surface area contributed by atoms with E-state index in [0.717, 1.165) is 29.6 Å². The lowest BCUT2D eigenvalue weighted by atomic mass is 10.1. The summed E-state index contributed by atoms with van der Waals surface area (Å²) < 4.78 is 5.08. The molecule has 1 aromatic rings. The summed E-state index contributed by atoms with van der Waals surface area (Å²) >= 11 is 0. The number of piperidine rings is 1. The number of hydrogen-bond donors (Lipinski definition) is 0. The molecule has 5 heteroatoms. The summed E-state index contributed by atoms with van der Waals surface area (Å²) in [5.41, 5.74) is 2.42. The Morgan fingerprint density at radius 3 is 2.75 bits per heavy atom. The molecular weight excluding hydrogens is 302 g/mol. The highest BCUT2D eigenvalue weighted by molar-refractivity contribution is 6.08. The van der Waals surface area contributed by atoms with Gasteiger partial charge in [0.1, 0.15) is 0 Å². The predicted molar refractivity (Wildman–Crippen MR) is 95.9 cm³/mol. The van der Waals surface area contributed by atoms with E-state index in [-0.39, 0.29) is 12.4 Å². The van der Waals surface area contributed by atoms with Crippen molar-refractivity contribution in [2.75, 3.05) is 13.2 Å². The van der Waals surface area contributed by atoms with E-state index in [4.69, 9.17) is 9.84 Å². The molecule has 0 radical (unpaired) electrons. The van der Waals surface area contributed by atoms with Gasteiger partial charge in [0, 0.05) is 18.3 Å². The van der Waals surface area contributed by atoms with Crippen LogP contribution in [0.3, 0.4) is 0 Å². The van der Waals surface area contributed by atoms with Crippen molar-refractivity contribution in [3.63, 3.8) is 0 Å². The van der Waals surface area contributed by atoms with Gasteiger partial charge in [-0.05, 0) is 51.2 Å². The zero-order valence-electron chi connectivity index (χ0n) is 15.3. The monoisotopic (exact) mass is 331 g/mol. The van der Waals surface area contributed by atoms with Gasteiger partial charge in [0.2, 0.25) is 0 Å². The molecule has 2 aliphatic rings. The number of carbonyl (C=O) groups is 1. The van der Waals surface area contributed by atoms with Crippen molar-refractivity contribution in [3.8, 4) is 0 Å². The van der Waals surface area contributed by atoms with Crippen molar-refractivity contribution < 1.29 is 9.53 Å². The lowest BCUT2D eigenvalue weighted by Crippen LogP contribution is -2.29. The summed E-state index contributed by atoms with van der Waals surface area (Å²) in [4.78, 5) is 16.4. The first-order valence-electron chi connectivity index (χ1n) is 9.09. The fourth-order valence-electron chi connectivity index (χ4n) is 3.41. The first-order valence-corrected chi connectivity index (χ1v) is 9.09. The number of hydrogen-bond acceptors (Lipinski definition) is 5. The number of carbonyl (C=O) groups excluding carboxylic acids is 1. The van der Waals surface area contributed by atoms with Crippen LogP contribution < -0.4 is 0 Å². The van der Waals surface area contributed by atoms with Gasteiger partial charge in [-0.25, -0.2) is 0 Å². The molecule has 2 unspecified atom stereocenters. The summed E-state index contributed by atoms with van der Waals surface area (Å²) in [7, 11) is 0. The Morgan fingerprint density at radius 2 is 2.17 bits per heavy atom. The molecule has 3 rings (SSSR count). The van der Waals surface area contributed by atoms with E-state index in [2.05, 4.69) is 9.99 Å². The smallest absolute Gasteiger partial charge is 0.312 e. The van der Waals surface area contributed by atoms with E-state index < -0.39 is 0 Å². The van der Waals surface area contributed by atoms with Crippen LogP contribution >= 0.6 is 0 Å². The van der Waals surface area contributed by atoms with Gasteiger partial charge in [0.15, 0.2) is 0 Å². The van der Waals surface area contributed by atoms with E-state index in [1.165, 1.54) is 19.3 Å². The van der Waals surface area contributed by atoms with Crippen LogP contribution in [-0.4, -0.2) is 40.9 Å². The van der Waals surface area contributed by atoms with E-state index in [0.29, 0.717) is 12.6 Å². The molecule has 5 nitrogen and oxygen atoms in total. The lowest BCUT2D eigenvalue weighted by Gasteiger charge is -2.25. The highest BCUT2D eigenvalue weighted by atomic mass is 16.5. The molecule has 2 heterocycles. The number of ether oxygens (including phenoxy) is 1. The Labute approximate surface area is 145 Å². The van der Waals surface area contributed by atoms with E-state index in [9.17, 15) is 4.79 Å². The van der Waals surface area contributed by atoms with Crippen molar-refractivity contribution in [2.45, 2.75) is 59.4 Å². The summed E-state index contributed by atoms with van der Waals surface area (Å²) in [5, 5.41) is 6.94. The van der Waals surface area contributed by atoms with Crippen LogP contribution in [0, 0.1) is 12.8 Å². The van der Waals surface area contributed by atoms with Gasteiger partial charge in [-0.2, -0.15) is 5.10 Å². The second-order valence-electron chi connectivity index (χ2n) is 6.15. The molecule has 132 valence electrons. The molecule has 0 amide bonds. The minimum absolute atomic E-state index is 0.179. The number of pyridine rings is 1. The SMILES string of the molecule is CC.CCOC(=O)C/C(=N/N1CC2CCC1C2)c1cccc(C)n1. The molecule has 2 atom stereocenters. The van der Waals surface area contributed by atoms with Crippen molar-refractivity contribution in [1.82, 2.24) is 9.99 Å². The molecule has 1 aliphatic heterocycles. The minimum Gasteiger partial charge on any atom is -0.466 e. The van der Waals surface area contributed by atoms with Crippen LogP contribution in [0.25, 0.3) is 0 Å². The normalized spacial score (nSPS) is 22.2. The standard InChI is InChI=1S/C17H23N3O2.C2H6/c1-3-22-17(21)10-16(15-6-4-5-12(2)18-15)19-20-11-13-7-8-14(20)9-13;1-2/h4-6,13-14H,3,7-11H2,1-2H3;1-2H3/b19-16-;. The Hall–Kier alpha value is -1.91. The number of aromatic nitrogens is 1. The molecular formula is C19H29N3O2. The topological polar surface area (TPSA) is 54.8 Å². The highest BCUT2D eigenvalue weighted by Crippen LogP contribution is 2.37. The second kappa shape index (κ2) is 8.81. The third-order valence-electron chi connectivity index (χ3n) is 4.43. The molecule has 2 fully saturated rings. The molecule has 1 saturated heterocycles. The molecule has 0 spiro atoms. The number of fused-ring (bicyclic) bond motifs is 2. The first-order chi connectivity index (χ1) is 11.7. The van der Waals surface area contributed by atoms with E-state index >= 15 is 0 Å². The zero-order chi connectivity index (χ0) is 17.5. The summed E-state index contributed by atoms with van der Waals surface area (Å²) in [5.74, 6) is 0.525. The summed E-state index contributed by atoms with van der Waals surface area (Å²) in [6.45, 7) is 9.16. The van der Waals surface area contributed by atoms with Crippen molar-refractivity contribution in [2.24, 2.45) is 11.0 Å². The maximum Gasteiger partial charge on any atom is 0.312 e. The highest BCUT2D eigenvalue weighted by Gasteiger charge is 2.37. The van der Waals surface area contributed by atoms with Crippen LogP contribution in [-0.2, 0) is 9.53 Å². The number of nitrogens with zero attached hydrogens (tertiary/aromatic N) is 3. The Morgan fingerprint density at radius 1 is 1.38 bits per heavy atom. The average Bonchev–Trinajstić information content (AvgIpc) is 3.19. The number of esters is 1. The average molecular weight is 331 g/mol. The maximum absolute atomic E-state index is 11.9. The minimum atomic E-state index is -0.242. The Kier molecular flexibility index (Phi) is 6.76. The predicted octanol–water partition coefficient (Wildman–Crippen LogP) is 3.56. The quantitative estimate of drug-likeness (QED) is 0.611. The van der Waals surface area contributed by atoms with Crippen molar-refractivity contribution in [3.05, 3.63) is 29.6 Å². The largest absolute Gasteiger partial charge is 0.466 e. The van der Waals surface area contributed by atoms with Crippen molar-refractivity contribution in [1.29, 1.82) is 0 Å². The van der Waals surface area contributed by atoms with Gasteiger partial charge >= 0.3 is 5.97 Å². The summed E-state index contributed by atoms with van der Waals surface area (Å²) in [6.07, 6.45) is 3.93. The van der Waals surface area contributed by atoms with Crippen LogP contribution in [0.5, 0.6) is 0 Å². The van der Waals surface area contributed by atoms with Gasteiger partial charge in [-0.3, -0.25) is 14.8 Å². The van der Waals surface area contributed by atoms with E-state index in [1.54, 1.807) is 0 Å². The first kappa shape index (κ1) is 18.4. The second-order valence-corrected chi connectivity index (χ2v) is 6.15. The Bertz CT molecular complexity index is 586. The lowest BCUT2D eigenvalue weighted by molar-refractivity contribution is -0.141. The number of rotatable bonds is 5. The molecule has 1 saturated carbocycles. The molecule has 2 bridgehead atoms. The fourth-order valence-corrected chi connectivity index (χ4v) is 3.41. The van der Waals surface area contributed by atoms with Crippen molar-refractivity contribution >= 4 is 11.7 Å².